The van der Waals surface area contributed by atoms with Gasteiger partial charge in [-0.3, -0.25) is 9.69 Å². The molecule has 0 amide bonds. The summed E-state index contributed by atoms with van der Waals surface area (Å²) in [5.41, 5.74) is 0.967. The molecule has 1 saturated heterocycles. The van der Waals surface area contributed by atoms with Gasteiger partial charge in [0.05, 0.1) is 5.92 Å². The van der Waals surface area contributed by atoms with Gasteiger partial charge in [-0.25, -0.2) is 4.39 Å². The van der Waals surface area contributed by atoms with Crippen LogP contribution < -0.4 is 0 Å². The third-order valence-electron chi connectivity index (χ3n) is 4.31. The number of piperidine rings is 1. The van der Waals surface area contributed by atoms with E-state index in [1.165, 1.54) is 6.07 Å². The van der Waals surface area contributed by atoms with Crippen molar-refractivity contribution in [1.82, 2.24) is 4.90 Å². The molecule has 0 saturated carbocycles. The summed E-state index contributed by atoms with van der Waals surface area (Å²) >= 11 is 0. The van der Waals surface area contributed by atoms with Gasteiger partial charge in [0.1, 0.15) is 5.82 Å². The van der Waals surface area contributed by atoms with Crippen molar-refractivity contribution in [1.29, 1.82) is 0 Å². The second-order valence-electron chi connectivity index (χ2n) is 5.89. The average Bonchev–Trinajstić information content (AvgIpc) is 2.48. The third kappa shape index (κ3) is 4.27. The smallest absolute Gasteiger partial charge is 0.307 e. The van der Waals surface area contributed by atoms with Crippen molar-refractivity contribution in [2.75, 3.05) is 13.1 Å². The van der Waals surface area contributed by atoms with Crippen molar-refractivity contribution in [3.05, 3.63) is 35.6 Å². The molecule has 1 aliphatic rings. The summed E-state index contributed by atoms with van der Waals surface area (Å²) < 4.78 is 13.5. The van der Waals surface area contributed by atoms with Crippen LogP contribution in [-0.2, 0) is 4.79 Å². The lowest BCUT2D eigenvalue weighted by atomic mass is 9.92. The molecule has 2 rings (SSSR count). The number of carbonyl (C=O) groups is 1. The van der Waals surface area contributed by atoms with Gasteiger partial charge >= 0.3 is 5.97 Å². The highest BCUT2D eigenvalue weighted by Crippen LogP contribution is 2.31. The van der Waals surface area contributed by atoms with Gasteiger partial charge in [-0.2, -0.15) is 0 Å². The monoisotopic (exact) mass is 293 g/mol. The Kier molecular flexibility index (Phi) is 5.74. The van der Waals surface area contributed by atoms with E-state index in [2.05, 4.69) is 11.8 Å². The fourth-order valence-corrected chi connectivity index (χ4v) is 3.16. The van der Waals surface area contributed by atoms with Crippen LogP contribution in [0.15, 0.2) is 24.3 Å². The van der Waals surface area contributed by atoms with Crippen LogP contribution in [0.2, 0.25) is 0 Å². The molecule has 21 heavy (non-hydrogen) atoms. The lowest BCUT2D eigenvalue weighted by Crippen LogP contribution is -2.41. The van der Waals surface area contributed by atoms with Crippen LogP contribution in [-0.4, -0.2) is 29.1 Å². The van der Waals surface area contributed by atoms with E-state index in [1.807, 2.05) is 6.07 Å². The molecule has 4 heteroatoms. The minimum atomic E-state index is -0.715. The van der Waals surface area contributed by atoms with Crippen LogP contribution in [0.25, 0.3) is 0 Å². The van der Waals surface area contributed by atoms with Crippen LogP contribution in [0.3, 0.4) is 0 Å². The maximum atomic E-state index is 13.5. The molecule has 1 aromatic carbocycles. The molecule has 2 atom stereocenters. The molecule has 2 unspecified atom stereocenters. The number of benzene rings is 1. The lowest BCUT2D eigenvalue weighted by Gasteiger charge is -2.37. The molecule has 1 aliphatic heterocycles. The van der Waals surface area contributed by atoms with E-state index >= 15 is 0 Å². The number of likely N-dealkylation sites (tertiary alicyclic amines) is 1. The fourth-order valence-electron chi connectivity index (χ4n) is 3.16. The Balaban J connectivity index is 2.17. The predicted octanol–water partition coefficient (Wildman–Crippen LogP) is 3.85. The van der Waals surface area contributed by atoms with Gasteiger partial charge in [0, 0.05) is 12.6 Å². The molecule has 1 aromatic rings. The van der Waals surface area contributed by atoms with Crippen LogP contribution in [0.4, 0.5) is 4.39 Å². The highest BCUT2D eigenvalue weighted by atomic mass is 19.1. The molecular weight excluding hydrogens is 269 g/mol. The summed E-state index contributed by atoms with van der Waals surface area (Å²) in [6, 6.07) is 6.86. The normalized spacial score (nSPS) is 21.1. The van der Waals surface area contributed by atoms with E-state index in [0.29, 0.717) is 6.54 Å². The van der Waals surface area contributed by atoms with E-state index in [-0.39, 0.29) is 17.8 Å². The SMILES string of the molecule is CCCCC(c1cccc(F)c1)N1CCCC(C(=O)O)C1. The highest BCUT2D eigenvalue weighted by Gasteiger charge is 2.30. The molecule has 0 aliphatic carbocycles. The van der Waals surface area contributed by atoms with Gasteiger partial charge in [-0.15, -0.1) is 0 Å². The van der Waals surface area contributed by atoms with E-state index in [4.69, 9.17) is 0 Å². The van der Waals surface area contributed by atoms with Crippen molar-refractivity contribution in [2.45, 2.75) is 45.1 Å². The Hall–Kier alpha value is -1.42. The predicted molar refractivity (Wildman–Crippen MR) is 80.6 cm³/mol. The van der Waals surface area contributed by atoms with Gasteiger partial charge in [0.25, 0.3) is 0 Å². The van der Waals surface area contributed by atoms with E-state index in [9.17, 15) is 14.3 Å². The zero-order valence-electron chi connectivity index (χ0n) is 12.6. The Bertz CT molecular complexity index is 478. The number of hydrogen-bond acceptors (Lipinski definition) is 2. The maximum Gasteiger partial charge on any atom is 0.307 e. The molecule has 0 radical (unpaired) electrons. The molecule has 3 nitrogen and oxygen atoms in total. The molecule has 1 N–H and O–H groups in total. The molecule has 1 heterocycles. The van der Waals surface area contributed by atoms with E-state index < -0.39 is 5.97 Å². The largest absolute Gasteiger partial charge is 0.481 e. The average molecular weight is 293 g/mol. The lowest BCUT2D eigenvalue weighted by molar-refractivity contribution is -0.144. The molecule has 0 aromatic heterocycles. The van der Waals surface area contributed by atoms with Crippen LogP contribution >= 0.6 is 0 Å². The first-order valence-corrected chi connectivity index (χ1v) is 7.84. The number of carboxylic acid groups (broad SMARTS) is 1. The first-order valence-electron chi connectivity index (χ1n) is 7.84. The van der Waals surface area contributed by atoms with Gasteiger partial charge in [-0.1, -0.05) is 31.9 Å². The quantitative estimate of drug-likeness (QED) is 0.866. The molecular formula is C17H24FNO2. The standard InChI is InChI=1S/C17H24FNO2/c1-2-3-9-16(13-6-4-8-15(18)11-13)19-10-5-7-14(12-19)17(20)21/h4,6,8,11,14,16H,2-3,5,7,9-10,12H2,1H3,(H,20,21). The number of carboxylic acids is 1. The summed E-state index contributed by atoms with van der Waals surface area (Å²) in [6.07, 6.45) is 4.74. The topological polar surface area (TPSA) is 40.5 Å². The maximum absolute atomic E-state index is 13.5. The van der Waals surface area contributed by atoms with Gasteiger partial charge in [0.15, 0.2) is 0 Å². The zero-order chi connectivity index (χ0) is 15.2. The zero-order valence-corrected chi connectivity index (χ0v) is 12.6. The minimum Gasteiger partial charge on any atom is -0.481 e. The number of nitrogens with zero attached hydrogens (tertiary/aromatic N) is 1. The molecule has 0 bridgehead atoms. The number of unbranched alkanes of at least 4 members (excludes halogenated alkanes) is 1. The first kappa shape index (κ1) is 16.0. The van der Waals surface area contributed by atoms with Crippen LogP contribution in [0.1, 0.15) is 50.6 Å². The number of rotatable bonds is 6. The Morgan fingerprint density at radius 3 is 3.00 bits per heavy atom. The summed E-state index contributed by atoms with van der Waals surface area (Å²) in [5, 5.41) is 9.24. The number of aliphatic carboxylic acids is 1. The summed E-state index contributed by atoms with van der Waals surface area (Å²) in [4.78, 5) is 13.5. The van der Waals surface area contributed by atoms with Gasteiger partial charge < -0.3 is 5.11 Å². The number of halogens is 1. The Labute approximate surface area is 125 Å². The Morgan fingerprint density at radius 2 is 2.33 bits per heavy atom. The number of hydrogen-bond donors (Lipinski definition) is 1. The summed E-state index contributed by atoms with van der Waals surface area (Å²) in [5.74, 6) is -1.23. The van der Waals surface area contributed by atoms with Crippen LogP contribution in [0, 0.1) is 11.7 Å². The first-order chi connectivity index (χ1) is 10.1. The second kappa shape index (κ2) is 7.55. The third-order valence-corrected chi connectivity index (χ3v) is 4.31. The van der Waals surface area contributed by atoms with Crippen molar-refractivity contribution < 1.29 is 14.3 Å². The Morgan fingerprint density at radius 1 is 1.52 bits per heavy atom. The van der Waals surface area contributed by atoms with Gasteiger partial charge in [-0.05, 0) is 43.5 Å². The minimum absolute atomic E-state index is 0.128. The van der Waals surface area contributed by atoms with Crippen molar-refractivity contribution in [3.63, 3.8) is 0 Å². The highest BCUT2D eigenvalue weighted by molar-refractivity contribution is 5.70. The summed E-state index contributed by atoms with van der Waals surface area (Å²) in [6.45, 7) is 3.60. The molecule has 0 spiro atoms. The fraction of sp³-hybridized carbons (Fsp3) is 0.588. The van der Waals surface area contributed by atoms with E-state index in [0.717, 1.165) is 44.2 Å². The summed E-state index contributed by atoms with van der Waals surface area (Å²) in [7, 11) is 0. The second-order valence-corrected chi connectivity index (χ2v) is 5.89. The molecule has 116 valence electrons. The van der Waals surface area contributed by atoms with Gasteiger partial charge in [0.2, 0.25) is 0 Å². The van der Waals surface area contributed by atoms with E-state index in [1.54, 1.807) is 12.1 Å². The van der Waals surface area contributed by atoms with Crippen molar-refractivity contribution >= 4 is 5.97 Å². The van der Waals surface area contributed by atoms with Crippen molar-refractivity contribution in [2.24, 2.45) is 5.92 Å². The van der Waals surface area contributed by atoms with Crippen molar-refractivity contribution in [3.8, 4) is 0 Å². The van der Waals surface area contributed by atoms with Crippen LogP contribution in [0.5, 0.6) is 0 Å². The molecule has 1 fully saturated rings.